The van der Waals surface area contributed by atoms with Gasteiger partial charge in [-0.05, 0) is 50.1 Å². The van der Waals surface area contributed by atoms with Crippen molar-refractivity contribution < 1.29 is 4.79 Å². The van der Waals surface area contributed by atoms with Crippen LogP contribution in [0.4, 0.5) is 16.2 Å². The van der Waals surface area contributed by atoms with Crippen molar-refractivity contribution in [3.8, 4) is 0 Å². The summed E-state index contributed by atoms with van der Waals surface area (Å²) < 4.78 is 0. The highest BCUT2D eigenvalue weighted by Crippen LogP contribution is 2.22. The summed E-state index contributed by atoms with van der Waals surface area (Å²) in [5.41, 5.74) is 2.14. The van der Waals surface area contributed by atoms with E-state index in [2.05, 4.69) is 34.2 Å². The molecule has 2 aliphatic heterocycles. The first-order chi connectivity index (χ1) is 11.8. The second-order valence-corrected chi connectivity index (χ2v) is 6.85. The zero-order valence-corrected chi connectivity index (χ0v) is 14.8. The summed E-state index contributed by atoms with van der Waals surface area (Å²) in [5.74, 6) is 0. The molecule has 2 amide bonds. The van der Waals surface area contributed by atoms with E-state index in [0.717, 1.165) is 51.5 Å². The molecule has 2 saturated heterocycles. The minimum atomic E-state index is 0.0269. The topological polar surface area (TPSA) is 38.8 Å². The van der Waals surface area contributed by atoms with E-state index in [1.54, 1.807) is 0 Å². The number of hydrogen-bond donors (Lipinski definition) is 1. The summed E-state index contributed by atoms with van der Waals surface area (Å²) in [5, 5.41) is 3.04. The fourth-order valence-corrected chi connectivity index (χ4v) is 3.49. The molecule has 1 N–H and O–H groups in total. The van der Waals surface area contributed by atoms with Gasteiger partial charge in [-0.15, -0.1) is 0 Å². The van der Waals surface area contributed by atoms with Crippen LogP contribution in [0.15, 0.2) is 24.3 Å². The molecule has 0 aromatic heterocycles. The minimum Gasteiger partial charge on any atom is -0.372 e. The zero-order chi connectivity index (χ0) is 16.8. The van der Waals surface area contributed by atoms with Crippen LogP contribution in [0.1, 0.15) is 32.6 Å². The number of benzene rings is 1. The van der Waals surface area contributed by atoms with Crippen LogP contribution in [0.25, 0.3) is 0 Å². The third-order valence-electron chi connectivity index (χ3n) is 5.08. The average Bonchev–Trinajstić information content (AvgIpc) is 3.15. The molecule has 5 nitrogen and oxygen atoms in total. The van der Waals surface area contributed by atoms with Gasteiger partial charge in [-0.25, -0.2) is 4.79 Å². The number of unbranched alkanes of at least 4 members (excludes halogenated alkanes) is 1. The number of rotatable bonds is 5. The summed E-state index contributed by atoms with van der Waals surface area (Å²) in [6, 6.07) is 8.29. The fourth-order valence-electron chi connectivity index (χ4n) is 3.49. The number of anilines is 2. The van der Waals surface area contributed by atoms with E-state index in [0.29, 0.717) is 0 Å². The van der Waals surface area contributed by atoms with Crippen LogP contribution < -0.4 is 10.2 Å². The van der Waals surface area contributed by atoms with E-state index in [-0.39, 0.29) is 6.03 Å². The molecule has 1 aromatic rings. The predicted octanol–water partition coefficient (Wildman–Crippen LogP) is 3.24. The highest BCUT2D eigenvalue weighted by Gasteiger charge is 2.20. The van der Waals surface area contributed by atoms with Gasteiger partial charge in [0.05, 0.1) is 0 Å². The molecule has 2 fully saturated rings. The van der Waals surface area contributed by atoms with Crippen molar-refractivity contribution in [3.05, 3.63) is 24.3 Å². The number of hydrogen-bond acceptors (Lipinski definition) is 3. The van der Waals surface area contributed by atoms with Crippen molar-refractivity contribution in [1.29, 1.82) is 0 Å². The Morgan fingerprint density at radius 3 is 2.29 bits per heavy atom. The number of urea groups is 1. The Morgan fingerprint density at radius 2 is 1.67 bits per heavy atom. The third-order valence-corrected chi connectivity index (χ3v) is 5.08. The number of piperazine rings is 1. The maximum absolute atomic E-state index is 12.4. The average molecular weight is 330 g/mol. The summed E-state index contributed by atoms with van der Waals surface area (Å²) in [7, 11) is 0. The van der Waals surface area contributed by atoms with Crippen molar-refractivity contribution in [1.82, 2.24) is 9.80 Å². The molecule has 0 bridgehead atoms. The molecule has 5 heteroatoms. The molecule has 0 saturated carbocycles. The summed E-state index contributed by atoms with van der Waals surface area (Å²) in [4.78, 5) is 19.2. The summed E-state index contributed by atoms with van der Waals surface area (Å²) >= 11 is 0. The van der Waals surface area contributed by atoms with Gasteiger partial charge in [0.2, 0.25) is 0 Å². The molecule has 24 heavy (non-hydrogen) atoms. The second-order valence-electron chi connectivity index (χ2n) is 6.85. The first kappa shape index (κ1) is 17.1. The maximum atomic E-state index is 12.4. The summed E-state index contributed by atoms with van der Waals surface area (Å²) in [6.45, 7) is 9.29. The number of amides is 2. The lowest BCUT2D eigenvalue weighted by Crippen LogP contribution is -2.50. The highest BCUT2D eigenvalue weighted by atomic mass is 16.2. The van der Waals surface area contributed by atoms with Gasteiger partial charge in [-0.3, -0.25) is 4.90 Å². The van der Waals surface area contributed by atoms with E-state index < -0.39 is 0 Å². The first-order valence-corrected chi connectivity index (χ1v) is 9.39. The van der Waals surface area contributed by atoms with Crippen LogP contribution in [-0.4, -0.2) is 61.6 Å². The van der Waals surface area contributed by atoms with Crippen molar-refractivity contribution in [3.63, 3.8) is 0 Å². The molecule has 0 spiro atoms. The Hall–Kier alpha value is -1.75. The van der Waals surface area contributed by atoms with Gasteiger partial charge in [-0.1, -0.05) is 13.3 Å². The Balaban J connectivity index is 1.46. The zero-order valence-electron chi connectivity index (χ0n) is 14.8. The molecular weight excluding hydrogens is 300 g/mol. The van der Waals surface area contributed by atoms with Crippen LogP contribution in [-0.2, 0) is 0 Å². The first-order valence-electron chi connectivity index (χ1n) is 9.39. The molecular formula is C19H30N4O. The van der Waals surface area contributed by atoms with Gasteiger partial charge >= 0.3 is 6.03 Å². The molecule has 0 unspecified atom stereocenters. The number of nitrogens with zero attached hydrogens (tertiary/aromatic N) is 3. The Kier molecular flexibility index (Phi) is 5.96. The lowest BCUT2D eigenvalue weighted by Gasteiger charge is -2.34. The van der Waals surface area contributed by atoms with Crippen molar-refractivity contribution in [2.24, 2.45) is 0 Å². The maximum Gasteiger partial charge on any atom is 0.321 e. The minimum absolute atomic E-state index is 0.0269. The van der Waals surface area contributed by atoms with Gasteiger partial charge in [0.25, 0.3) is 0 Å². The van der Waals surface area contributed by atoms with Crippen LogP contribution in [0.5, 0.6) is 0 Å². The van der Waals surface area contributed by atoms with E-state index in [4.69, 9.17) is 0 Å². The Labute approximate surface area is 145 Å². The van der Waals surface area contributed by atoms with Crippen LogP contribution in [0.2, 0.25) is 0 Å². The normalized spacial score (nSPS) is 18.9. The van der Waals surface area contributed by atoms with Crippen molar-refractivity contribution in [2.45, 2.75) is 32.6 Å². The standard InChI is InChI=1S/C19H30N4O/c1-2-3-10-21-13-15-23(16-14-21)19(24)20-17-6-8-18(9-7-17)22-11-4-5-12-22/h6-9H,2-5,10-16H2,1H3,(H,20,24). The predicted molar refractivity (Wildman–Crippen MR) is 99.8 cm³/mol. The summed E-state index contributed by atoms with van der Waals surface area (Å²) in [6.07, 6.45) is 5.04. The highest BCUT2D eigenvalue weighted by molar-refractivity contribution is 5.89. The third kappa shape index (κ3) is 4.41. The van der Waals surface area contributed by atoms with Gasteiger partial charge in [0.1, 0.15) is 0 Å². The van der Waals surface area contributed by atoms with Gasteiger partial charge < -0.3 is 15.1 Å². The number of carbonyl (C=O) groups is 1. The van der Waals surface area contributed by atoms with Gasteiger partial charge in [-0.2, -0.15) is 0 Å². The monoisotopic (exact) mass is 330 g/mol. The molecule has 0 aliphatic carbocycles. The van der Waals surface area contributed by atoms with Crippen molar-refractivity contribution in [2.75, 3.05) is 56.0 Å². The Morgan fingerprint density at radius 1 is 1.00 bits per heavy atom. The number of carbonyl (C=O) groups excluding carboxylic acids is 1. The Bertz CT molecular complexity index is 517. The largest absolute Gasteiger partial charge is 0.372 e. The quantitative estimate of drug-likeness (QED) is 0.901. The smallest absolute Gasteiger partial charge is 0.321 e. The molecule has 3 rings (SSSR count). The molecule has 0 radical (unpaired) electrons. The number of nitrogens with one attached hydrogen (secondary N) is 1. The van der Waals surface area contributed by atoms with E-state index >= 15 is 0 Å². The van der Waals surface area contributed by atoms with Crippen molar-refractivity contribution >= 4 is 17.4 Å². The SMILES string of the molecule is CCCCN1CCN(C(=O)Nc2ccc(N3CCCC3)cc2)CC1. The van der Waals surface area contributed by atoms with Crippen LogP contribution in [0, 0.1) is 0 Å². The molecule has 2 heterocycles. The van der Waals surface area contributed by atoms with E-state index in [1.165, 1.54) is 31.4 Å². The lowest BCUT2D eigenvalue weighted by atomic mass is 10.2. The van der Waals surface area contributed by atoms with Gasteiger partial charge in [0.15, 0.2) is 0 Å². The van der Waals surface area contributed by atoms with E-state index in [1.807, 2.05) is 17.0 Å². The molecule has 0 atom stereocenters. The lowest BCUT2D eigenvalue weighted by molar-refractivity contribution is 0.146. The molecule has 2 aliphatic rings. The fraction of sp³-hybridized carbons (Fsp3) is 0.632. The second kappa shape index (κ2) is 8.38. The molecule has 132 valence electrons. The van der Waals surface area contributed by atoms with Gasteiger partial charge in [0, 0.05) is 50.6 Å². The van der Waals surface area contributed by atoms with Crippen LogP contribution >= 0.6 is 0 Å². The van der Waals surface area contributed by atoms with E-state index in [9.17, 15) is 4.79 Å². The van der Waals surface area contributed by atoms with Crippen LogP contribution in [0.3, 0.4) is 0 Å². The molecule has 1 aromatic carbocycles.